The zero-order valence-electron chi connectivity index (χ0n) is 31.0. The minimum atomic E-state index is -0.823. The maximum atomic E-state index is 13.8. The fourth-order valence-corrected chi connectivity index (χ4v) is 6.14. The van der Waals surface area contributed by atoms with E-state index in [1.54, 1.807) is 89.0 Å². The third kappa shape index (κ3) is 10.8. The first-order valence-electron chi connectivity index (χ1n) is 17.7. The number of methoxy groups -OCH3 is 2. The molecule has 0 radical (unpaired) electrons. The zero-order valence-corrected chi connectivity index (χ0v) is 31.0. The monoisotopic (exact) mass is 726 g/mol. The first-order valence-corrected chi connectivity index (χ1v) is 17.7. The fourth-order valence-electron chi connectivity index (χ4n) is 6.14. The van der Waals surface area contributed by atoms with Gasteiger partial charge in [0.15, 0.2) is 0 Å². The van der Waals surface area contributed by atoms with E-state index in [0.29, 0.717) is 46.8 Å². The van der Waals surface area contributed by atoms with Crippen LogP contribution in [0.1, 0.15) is 22.3 Å². The number of benzene rings is 5. The summed E-state index contributed by atoms with van der Waals surface area (Å²) >= 11 is 0. The van der Waals surface area contributed by atoms with Crippen molar-refractivity contribution in [3.63, 3.8) is 0 Å². The van der Waals surface area contributed by atoms with Gasteiger partial charge in [0.2, 0.25) is 23.6 Å². The Balaban J connectivity index is 1.25. The van der Waals surface area contributed by atoms with Crippen LogP contribution in [-0.4, -0.2) is 64.0 Å². The van der Waals surface area contributed by atoms with Crippen molar-refractivity contribution in [2.24, 2.45) is 0 Å². The lowest BCUT2D eigenvalue weighted by molar-refractivity contribution is -0.127. The molecule has 10 heteroatoms. The van der Waals surface area contributed by atoms with E-state index < -0.39 is 12.1 Å². The van der Waals surface area contributed by atoms with Gasteiger partial charge in [0.25, 0.3) is 0 Å². The van der Waals surface area contributed by atoms with Crippen LogP contribution < -0.4 is 29.9 Å². The predicted octanol–water partition coefficient (Wildman–Crippen LogP) is 5.57. The molecule has 5 aromatic rings. The molecule has 0 aliphatic heterocycles. The summed E-state index contributed by atoms with van der Waals surface area (Å²) in [6, 6.07) is 38.9. The van der Waals surface area contributed by atoms with E-state index >= 15 is 0 Å². The largest absolute Gasteiger partial charge is 0.497 e. The van der Waals surface area contributed by atoms with Crippen molar-refractivity contribution in [2.45, 2.75) is 37.8 Å². The van der Waals surface area contributed by atoms with Crippen molar-refractivity contribution in [3.8, 4) is 11.5 Å². The number of hydrogen-bond acceptors (Lipinski definition) is 6. The molecule has 0 bridgehead atoms. The molecule has 0 fully saturated rings. The Morgan fingerprint density at radius 1 is 0.500 bits per heavy atom. The van der Waals surface area contributed by atoms with Crippen LogP contribution in [0, 0.1) is 0 Å². The third-order valence-electron chi connectivity index (χ3n) is 9.13. The van der Waals surface area contributed by atoms with Crippen molar-refractivity contribution in [2.75, 3.05) is 38.1 Å². The standard InChI is InChI=1S/C44H46N4O6/c1-47(35-18-22-37(53-3)23-19-35)43(51)39(27-31-12-7-5-8-13-31)45-41(49)29-33-16-11-17-34(26-33)30-42(50)46-40(28-32-14-9-6-10-15-32)44(52)48(2)36-20-24-38(54-4)25-21-36/h5-26,39-40H,27-30H2,1-4H3,(H,45,49)(H,46,50)/t39-,40-/m0/s1. The van der Waals surface area contributed by atoms with Crippen molar-refractivity contribution in [1.82, 2.24) is 10.6 Å². The Bertz CT molecular complexity index is 1860. The fraction of sp³-hybridized carbons (Fsp3) is 0.227. The smallest absolute Gasteiger partial charge is 0.249 e. The highest BCUT2D eigenvalue weighted by molar-refractivity contribution is 6.00. The SMILES string of the molecule is COc1ccc(N(C)C(=O)[C@H](Cc2ccccc2)NC(=O)Cc2cccc(CC(=O)N[C@@H](Cc3ccccc3)C(=O)N(C)c3ccc(OC)cc3)c2)cc1. The normalized spacial score (nSPS) is 11.8. The molecule has 5 rings (SSSR count). The predicted molar refractivity (Wildman–Crippen MR) is 211 cm³/mol. The van der Waals surface area contributed by atoms with Gasteiger partial charge in [-0.1, -0.05) is 84.9 Å². The van der Waals surface area contributed by atoms with E-state index in [9.17, 15) is 19.2 Å². The Hall–Kier alpha value is -6.42. The summed E-state index contributed by atoms with van der Waals surface area (Å²) in [4.78, 5) is 57.5. The molecule has 0 unspecified atom stereocenters. The molecule has 2 N–H and O–H groups in total. The molecule has 10 nitrogen and oxygen atoms in total. The highest BCUT2D eigenvalue weighted by Crippen LogP contribution is 2.21. The van der Waals surface area contributed by atoms with Gasteiger partial charge >= 0.3 is 0 Å². The number of carbonyl (C=O) groups excluding carboxylic acids is 4. The number of likely N-dealkylation sites (N-methyl/N-ethyl adjacent to an activating group) is 2. The average Bonchev–Trinajstić information content (AvgIpc) is 3.20. The van der Waals surface area contributed by atoms with Crippen LogP contribution in [0.2, 0.25) is 0 Å². The maximum absolute atomic E-state index is 13.8. The lowest BCUT2D eigenvalue weighted by Gasteiger charge is -2.25. The molecule has 0 aromatic heterocycles. The summed E-state index contributed by atoms with van der Waals surface area (Å²) < 4.78 is 10.5. The molecular formula is C44H46N4O6. The molecule has 0 heterocycles. The molecule has 0 spiro atoms. The second-order valence-corrected chi connectivity index (χ2v) is 13.0. The molecule has 2 atom stereocenters. The number of rotatable bonds is 16. The van der Waals surface area contributed by atoms with Gasteiger partial charge in [-0.15, -0.1) is 0 Å². The van der Waals surface area contributed by atoms with Gasteiger partial charge in [-0.3, -0.25) is 19.2 Å². The molecule has 0 saturated heterocycles. The second kappa shape index (κ2) is 18.9. The van der Waals surface area contributed by atoms with Crippen LogP contribution in [0.25, 0.3) is 0 Å². The summed E-state index contributed by atoms with van der Waals surface area (Å²) in [5, 5.41) is 5.91. The van der Waals surface area contributed by atoms with Gasteiger partial charge in [-0.05, 0) is 70.8 Å². The molecule has 0 saturated carbocycles. The van der Waals surface area contributed by atoms with Crippen LogP contribution in [0.5, 0.6) is 11.5 Å². The van der Waals surface area contributed by atoms with E-state index in [4.69, 9.17) is 9.47 Å². The van der Waals surface area contributed by atoms with Gasteiger partial charge in [-0.25, -0.2) is 0 Å². The summed E-state index contributed by atoms with van der Waals surface area (Å²) in [6.07, 6.45) is 0.620. The van der Waals surface area contributed by atoms with Crippen molar-refractivity contribution >= 4 is 35.0 Å². The number of carbonyl (C=O) groups is 4. The number of amides is 4. The third-order valence-corrected chi connectivity index (χ3v) is 9.13. The molecule has 0 aliphatic carbocycles. The average molecular weight is 727 g/mol. The van der Waals surface area contributed by atoms with Gasteiger partial charge in [-0.2, -0.15) is 0 Å². The number of hydrogen-bond donors (Lipinski definition) is 2. The quantitative estimate of drug-likeness (QED) is 0.137. The van der Waals surface area contributed by atoms with Crippen LogP contribution in [0.4, 0.5) is 11.4 Å². The van der Waals surface area contributed by atoms with Crippen molar-refractivity contribution < 1.29 is 28.7 Å². The number of nitrogens with one attached hydrogen (secondary N) is 2. The highest BCUT2D eigenvalue weighted by Gasteiger charge is 2.27. The van der Waals surface area contributed by atoms with E-state index in [2.05, 4.69) is 10.6 Å². The van der Waals surface area contributed by atoms with Crippen LogP contribution in [0.3, 0.4) is 0 Å². The van der Waals surface area contributed by atoms with E-state index in [1.165, 1.54) is 9.80 Å². The Kier molecular flexibility index (Phi) is 13.6. The van der Waals surface area contributed by atoms with Gasteiger partial charge < -0.3 is 29.9 Å². The number of nitrogens with zero attached hydrogens (tertiary/aromatic N) is 2. The van der Waals surface area contributed by atoms with E-state index in [0.717, 1.165) is 11.1 Å². The lowest BCUT2D eigenvalue weighted by atomic mass is 10.0. The summed E-state index contributed by atoms with van der Waals surface area (Å²) in [6.45, 7) is 0. The maximum Gasteiger partial charge on any atom is 0.249 e. The Morgan fingerprint density at radius 3 is 1.20 bits per heavy atom. The molecule has 54 heavy (non-hydrogen) atoms. The number of ether oxygens (including phenoxy) is 2. The summed E-state index contributed by atoms with van der Waals surface area (Å²) in [7, 11) is 6.52. The van der Waals surface area contributed by atoms with E-state index in [1.807, 2.05) is 72.8 Å². The van der Waals surface area contributed by atoms with Gasteiger partial charge in [0.1, 0.15) is 23.6 Å². The van der Waals surface area contributed by atoms with E-state index in [-0.39, 0.29) is 36.5 Å². The molecular weight excluding hydrogens is 681 g/mol. The van der Waals surface area contributed by atoms with Gasteiger partial charge in [0.05, 0.1) is 27.1 Å². The zero-order chi connectivity index (χ0) is 38.5. The van der Waals surface area contributed by atoms with Crippen LogP contribution >= 0.6 is 0 Å². The summed E-state index contributed by atoms with van der Waals surface area (Å²) in [5.41, 5.74) is 4.52. The van der Waals surface area contributed by atoms with Crippen molar-refractivity contribution in [3.05, 3.63) is 156 Å². The number of anilines is 2. The second-order valence-electron chi connectivity index (χ2n) is 13.0. The topological polar surface area (TPSA) is 117 Å². The molecule has 278 valence electrons. The molecule has 4 amide bonds. The minimum absolute atomic E-state index is 0.00204. The van der Waals surface area contributed by atoms with Gasteiger partial charge in [0, 0.05) is 38.3 Å². The molecule has 5 aromatic carbocycles. The Morgan fingerprint density at radius 2 is 0.852 bits per heavy atom. The van der Waals surface area contributed by atoms with Crippen LogP contribution in [0.15, 0.2) is 133 Å². The highest BCUT2D eigenvalue weighted by atomic mass is 16.5. The van der Waals surface area contributed by atoms with Crippen molar-refractivity contribution in [1.29, 1.82) is 0 Å². The first-order chi connectivity index (χ1) is 26.1. The minimum Gasteiger partial charge on any atom is -0.497 e. The Labute approximate surface area is 316 Å². The molecule has 0 aliphatic rings. The lowest BCUT2D eigenvalue weighted by Crippen LogP contribution is -2.49. The van der Waals surface area contributed by atoms with Crippen LogP contribution in [-0.2, 0) is 44.9 Å². The summed E-state index contributed by atoms with van der Waals surface area (Å²) in [5.74, 6) is 0.158. The first kappa shape index (κ1) is 38.8.